The van der Waals surface area contributed by atoms with Crippen molar-refractivity contribution in [3.63, 3.8) is 0 Å². The minimum Gasteiger partial charge on any atom is -0.480 e. The minimum absolute atomic E-state index is 0.0231. The molecule has 0 amide bonds. The van der Waals surface area contributed by atoms with Gasteiger partial charge in [-0.1, -0.05) is 0 Å². The number of hydrogen-bond acceptors (Lipinski definition) is 6. The van der Waals surface area contributed by atoms with Crippen LogP contribution in [-0.4, -0.2) is 55.9 Å². The Morgan fingerprint density at radius 2 is 2.04 bits per heavy atom. The first-order valence-corrected chi connectivity index (χ1v) is 6.64. The van der Waals surface area contributed by atoms with Crippen molar-refractivity contribution in [2.75, 3.05) is 7.05 Å². The van der Waals surface area contributed by atoms with E-state index in [-0.39, 0.29) is 12.3 Å². The van der Waals surface area contributed by atoms with Crippen LogP contribution >= 0.6 is 0 Å². The number of halogens is 2. The molecule has 2 aromatic rings. The Bertz CT molecular complexity index is 662. The van der Waals surface area contributed by atoms with E-state index in [1.807, 2.05) is 0 Å². The van der Waals surface area contributed by atoms with Crippen molar-refractivity contribution in [3.05, 3.63) is 30.1 Å². The fourth-order valence-corrected chi connectivity index (χ4v) is 1.82. The summed E-state index contributed by atoms with van der Waals surface area (Å²) >= 11 is 0. The van der Waals surface area contributed by atoms with Crippen molar-refractivity contribution in [2.45, 2.75) is 26.1 Å². The van der Waals surface area contributed by atoms with Crippen molar-refractivity contribution in [2.24, 2.45) is 0 Å². The van der Waals surface area contributed by atoms with Crippen LogP contribution in [0.2, 0.25) is 0 Å². The third-order valence-electron chi connectivity index (χ3n) is 3.25. The molecule has 1 aromatic heterocycles. The van der Waals surface area contributed by atoms with Gasteiger partial charge in [0.25, 0.3) is 0 Å². The molecule has 0 spiro atoms. The normalized spacial score (nSPS) is 12.6. The van der Waals surface area contributed by atoms with Crippen LogP contribution in [0.15, 0.2) is 24.3 Å². The lowest BCUT2D eigenvalue weighted by molar-refractivity contribution is -0.142. The van der Waals surface area contributed by atoms with Crippen molar-refractivity contribution in [1.29, 1.82) is 0 Å². The van der Waals surface area contributed by atoms with Crippen molar-refractivity contribution in [3.8, 4) is 11.4 Å². The van der Waals surface area contributed by atoms with Gasteiger partial charge in [-0.15, -0.1) is 5.10 Å². The van der Waals surface area contributed by atoms with E-state index in [9.17, 15) is 13.6 Å². The molecule has 1 N–H and O–H groups in total. The summed E-state index contributed by atoms with van der Waals surface area (Å²) in [6.45, 7) is -1.14. The molecular weight excluding hydrogens is 312 g/mol. The van der Waals surface area contributed by atoms with Gasteiger partial charge >= 0.3 is 12.6 Å². The molecule has 10 heteroatoms. The number of likely N-dealkylation sites (N-methyl/N-ethyl adjacent to an activating group) is 1. The summed E-state index contributed by atoms with van der Waals surface area (Å²) in [5, 5.41) is 20.2. The van der Waals surface area contributed by atoms with E-state index in [0.29, 0.717) is 11.5 Å². The second kappa shape index (κ2) is 7.09. The fraction of sp³-hybridized carbons (Fsp3) is 0.385. The number of nitrogens with zero attached hydrogens (tertiary/aromatic N) is 5. The molecule has 124 valence electrons. The number of carboxylic acids is 1. The lowest BCUT2D eigenvalue weighted by Crippen LogP contribution is -2.36. The topological polar surface area (TPSA) is 93.4 Å². The predicted octanol–water partition coefficient (Wildman–Crippen LogP) is 1.17. The number of ether oxygens (including phenoxy) is 1. The third kappa shape index (κ3) is 4.19. The van der Waals surface area contributed by atoms with Crippen LogP contribution in [0, 0.1) is 0 Å². The van der Waals surface area contributed by atoms with Crippen LogP contribution < -0.4 is 4.74 Å². The van der Waals surface area contributed by atoms with Gasteiger partial charge in [-0.25, -0.2) is 0 Å². The lowest BCUT2D eigenvalue weighted by atomic mass is 10.3. The second-order valence-electron chi connectivity index (χ2n) is 4.81. The highest BCUT2D eigenvalue weighted by Crippen LogP contribution is 2.17. The highest BCUT2D eigenvalue weighted by molar-refractivity contribution is 5.72. The molecule has 2 rings (SSSR count). The fourth-order valence-electron chi connectivity index (χ4n) is 1.82. The minimum atomic E-state index is -2.89. The number of tetrazole rings is 1. The van der Waals surface area contributed by atoms with E-state index in [2.05, 4.69) is 20.3 Å². The highest BCUT2D eigenvalue weighted by atomic mass is 19.3. The number of rotatable bonds is 7. The molecule has 1 heterocycles. The number of carbonyl (C=O) groups is 1. The number of aliphatic carboxylic acids is 1. The van der Waals surface area contributed by atoms with Crippen molar-refractivity contribution >= 4 is 5.97 Å². The molecular formula is C13H15F2N5O3. The molecule has 0 saturated carbocycles. The van der Waals surface area contributed by atoms with E-state index in [0.717, 1.165) is 0 Å². The quantitative estimate of drug-likeness (QED) is 0.816. The summed E-state index contributed by atoms with van der Waals surface area (Å²) in [6.07, 6.45) is 0. The summed E-state index contributed by atoms with van der Waals surface area (Å²) in [4.78, 5) is 12.5. The van der Waals surface area contributed by atoms with Crippen LogP contribution in [0.3, 0.4) is 0 Å². The lowest BCUT2D eigenvalue weighted by Gasteiger charge is -2.20. The Hall–Kier alpha value is -2.62. The van der Waals surface area contributed by atoms with Gasteiger partial charge in [0.05, 0.1) is 12.2 Å². The van der Waals surface area contributed by atoms with Gasteiger partial charge in [-0.3, -0.25) is 9.69 Å². The first-order valence-electron chi connectivity index (χ1n) is 6.64. The molecule has 0 saturated heterocycles. The van der Waals surface area contributed by atoms with Gasteiger partial charge in [0.15, 0.2) is 5.82 Å². The molecule has 0 aliphatic heterocycles. The van der Waals surface area contributed by atoms with E-state index in [4.69, 9.17) is 5.11 Å². The zero-order valence-electron chi connectivity index (χ0n) is 12.4. The number of alkyl halides is 2. The third-order valence-corrected chi connectivity index (χ3v) is 3.25. The molecule has 1 aromatic carbocycles. The zero-order valence-corrected chi connectivity index (χ0v) is 12.4. The predicted molar refractivity (Wildman–Crippen MR) is 74.4 cm³/mol. The maximum Gasteiger partial charge on any atom is 0.387 e. The molecule has 0 aliphatic carbocycles. The van der Waals surface area contributed by atoms with Crippen molar-refractivity contribution in [1.82, 2.24) is 25.1 Å². The van der Waals surface area contributed by atoms with Crippen LogP contribution in [0.5, 0.6) is 5.75 Å². The van der Waals surface area contributed by atoms with Gasteiger partial charge in [0, 0.05) is 0 Å². The Kier molecular flexibility index (Phi) is 5.16. The summed E-state index contributed by atoms with van der Waals surface area (Å²) < 4.78 is 29.9. The molecule has 0 fully saturated rings. The number of benzene rings is 1. The maximum absolute atomic E-state index is 12.1. The molecule has 8 nitrogen and oxygen atoms in total. The van der Waals surface area contributed by atoms with Gasteiger partial charge in [-0.2, -0.15) is 13.5 Å². The summed E-state index contributed by atoms with van der Waals surface area (Å²) in [5.74, 6) is -0.516. The zero-order chi connectivity index (χ0) is 17.0. The van der Waals surface area contributed by atoms with Gasteiger partial charge < -0.3 is 9.84 Å². The summed E-state index contributed by atoms with van der Waals surface area (Å²) in [6, 6.07) is 5.09. The highest BCUT2D eigenvalue weighted by Gasteiger charge is 2.20. The van der Waals surface area contributed by atoms with E-state index < -0.39 is 18.6 Å². The van der Waals surface area contributed by atoms with Gasteiger partial charge in [0.1, 0.15) is 11.8 Å². The first kappa shape index (κ1) is 16.7. The molecule has 0 aliphatic rings. The Morgan fingerprint density at radius 3 is 2.61 bits per heavy atom. The van der Waals surface area contributed by atoms with Crippen LogP contribution in [0.1, 0.15) is 12.7 Å². The molecule has 23 heavy (non-hydrogen) atoms. The average molecular weight is 327 g/mol. The largest absolute Gasteiger partial charge is 0.480 e. The molecule has 0 bridgehead atoms. The second-order valence-corrected chi connectivity index (χ2v) is 4.81. The smallest absolute Gasteiger partial charge is 0.387 e. The summed E-state index contributed by atoms with van der Waals surface area (Å²) in [7, 11) is 1.64. The first-order chi connectivity index (χ1) is 10.9. The van der Waals surface area contributed by atoms with Crippen molar-refractivity contribution < 1.29 is 23.4 Å². The SMILES string of the molecule is CC(C(=O)O)N(C)Cc1nnnn1-c1ccc(OC(F)F)cc1. The Balaban J connectivity index is 2.16. The molecule has 1 atom stereocenters. The summed E-state index contributed by atoms with van der Waals surface area (Å²) in [5.41, 5.74) is 0.544. The van der Waals surface area contributed by atoms with E-state index in [1.165, 1.54) is 28.9 Å². The monoisotopic (exact) mass is 327 g/mol. The van der Waals surface area contributed by atoms with E-state index >= 15 is 0 Å². The van der Waals surface area contributed by atoms with Crippen LogP contribution in [0.4, 0.5) is 8.78 Å². The van der Waals surface area contributed by atoms with Crippen LogP contribution in [-0.2, 0) is 11.3 Å². The Morgan fingerprint density at radius 1 is 1.39 bits per heavy atom. The van der Waals surface area contributed by atoms with Crippen LogP contribution in [0.25, 0.3) is 5.69 Å². The van der Waals surface area contributed by atoms with Gasteiger partial charge in [-0.05, 0) is 48.7 Å². The maximum atomic E-state index is 12.1. The molecule has 1 unspecified atom stereocenters. The van der Waals surface area contributed by atoms with Gasteiger partial charge in [0.2, 0.25) is 0 Å². The standard InChI is InChI=1S/C13H15F2N5O3/c1-8(12(21)22)19(2)7-11-16-17-18-20(11)9-3-5-10(6-4-9)23-13(14)15/h3-6,8,13H,7H2,1-2H3,(H,21,22). The number of hydrogen-bond donors (Lipinski definition) is 1. The Labute approximate surface area is 130 Å². The number of aromatic nitrogens is 4. The van der Waals surface area contributed by atoms with E-state index in [1.54, 1.807) is 18.9 Å². The number of carboxylic acid groups (broad SMARTS) is 1. The molecule has 0 radical (unpaired) electrons. The average Bonchev–Trinajstić information content (AvgIpc) is 2.94.